The fourth-order valence-electron chi connectivity index (χ4n) is 1.73. The first-order valence-corrected chi connectivity index (χ1v) is 6.40. The van der Waals surface area contributed by atoms with Crippen LogP contribution in [0.3, 0.4) is 0 Å². The number of hydrogen-bond donors (Lipinski definition) is 1. The molecule has 0 fully saturated rings. The van der Waals surface area contributed by atoms with E-state index in [-0.39, 0.29) is 5.92 Å². The number of carboxylic acids is 1. The van der Waals surface area contributed by atoms with Crippen molar-refractivity contribution in [3.05, 3.63) is 28.7 Å². The lowest BCUT2D eigenvalue weighted by molar-refractivity contribution is -0.147. The molecular formula is C13H16BrNO3. The zero-order chi connectivity index (χ0) is 13.9. The van der Waals surface area contributed by atoms with E-state index in [1.54, 1.807) is 33.0 Å². The highest BCUT2D eigenvalue weighted by atomic mass is 79.9. The lowest BCUT2D eigenvalue weighted by Gasteiger charge is -2.24. The van der Waals surface area contributed by atoms with Crippen molar-refractivity contribution in [1.29, 1.82) is 0 Å². The normalized spacial score (nSPS) is 12.3. The molecule has 1 unspecified atom stereocenters. The van der Waals surface area contributed by atoms with Crippen LogP contribution in [-0.4, -0.2) is 24.0 Å². The Morgan fingerprint density at radius 2 is 1.83 bits per heavy atom. The van der Waals surface area contributed by atoms with Gasteiger partial charge in [0, 0.05) is 11.5 Å². The van der Waals surface area contributed by atoms with Crippen molar-refractivity contribution in [2.45, 2.75) is 13.8 Å². The summed E-state index contributed by atoms with van der Waals surface area (Å²) >= 11 is 3.35. The standard InChI is InChI=1S/C13H16BrNO3/c1-8(2)11(13(17)18)12(16)15(3)10-7-5-4-6-9(10)14/h4-8,11H,1-3H3,(H,17,18). The van der Waals surface area contributed by atoms with Gasteiger partial charge in [-0.1, -0.05) is 26.0 Å². The highest BCUT2D eigenvalue weighted by Crippen LogP contribution is 2.27. The summed E-state index contributed by atoms with van der Waals surface area (Å²) < 4.78 is 0.758. The van der Waals surface area contributed by atoms with Crippen molar-refractivity contribution in [2.24, 2.45) is 11.8 Å². The fraction of sp³-hybridized carbons (Fsp3) is 0.385. The average Bonchev–Trinajstić information content (AvgIpc) is 2.27. The quantitative estimate of drug-likeness (QED) is 0.870. The van der Waals surface area contributed by atoms with Gasteiger partial charge in [-0.25, -0.2) is 0 Å². The number of anilines is 1. The number of amides is 1. The molecule has 0 aromatic heterocycles. The minimum absolute atomic E-state index is 0.250. The molecular weight excluding hydrogens is 298 g/mol. The number of para-hydroxylation sites is 1. The van der Waals surface area contributed by atoms with Crippen LogP contribution < -0.4 is 4.90 Å². The van der Waals surface area contributed by atoms with Crippen molar-refractivity contribution in [1.82, 2.24) is 0 Å². The molecule has 1 atom stereocenters. The Balaban J connectivity index is 3.03. The van der Waals surface area contributed by atoms with E-state index in [1.807, 2.05) is 12.1 Å². The summed E-state index contributed by atoms with van der Waals surface area (Å²) in [4.78, 5) is 24.7. The highest BCUT2D eigenvalue weighted by molar-refractivity contribution is 9.10. The van der Waals surface area contributed by atoms with Gasteiger partial charge in [0.1, 0.15) is 5.92 Å². The average molecular weight is 314 g/mol. The Bertz CT molecular complexity index is 459. The third-order valence-electron chi connectivity index (χ3n) is 2.74. The maximum atomic E-state index is 12.2. The second-order valence-corrected chi connectivity index (χ2v) is 5.26. The van der Waals surface area contributed by atoms with Crippen LogP contribution in [0.2, 0.25) is 0 Å². The van der Waals surface area contributed by atoms with Crippen LogP contribution in [0.15, 0.2) is 28.7 Å². The molecule has 1 rings (SSSR count). The van der Waals surface area contributed by atoms with Crippen LogP contribution in [0.4, 0.5) is 5.69 Å². The van der Waals surface area contributed by atoms with E-state index in [1.165, 1.54) is 4.90 Å². The van der Waals surface area contributed by atoms with E-state index in [0.29, 0.717) is 5.69 Å². The van der Waals surface area contributed by atoms with Gasteiger partial charge >= 0.3 is 5.97 Å². The number of aliphatic carboxylic acids is 1. The summed E-state index contributed by atoms with van der Waals surface area (Å²) in [6, 6.07) is 7.21. The summed E-state index contributed by atoms with van der Waals surface area (Å²) in [7, 11) is 1.58. The fourth-order valence-corrected chi connectivity index (χ4v) is 2.28. The first-order chi connectivity index (χ1) is 8.36. The van der Waals surface area contributed by atoms with Gasteiger partial charge in [0.15, 0.2) is 0 Å². The van der Waals surface area contributed by atoms with Crippen molar-refractivity contribution >= 4 is 33.5 Å². The maximum Gasteiger partial charge on any atom is 0.316 e. The molecule has 18 heavy (non-hydrogen) atoms. The number of carbonyl (C=O) groups excluding carboxylic acids is 1. The molecule has 0 aliphatic heterocycles. The van der Waals surface area contributed by atoms with E-state index in [4.69, 9.17) is 5.11 Å². The van der Waals surface area contributed by atoms with Gasteiger partial charge in [-0.05, 0) is 34.0 Å². The second-order valence-electron chi connectivity index (χ2n) is 4.41. The predicted octanol–water partition coefficient (Wildman–Crippen LogP) is 2.77. The number of nitrogens with zero attached hydrogens (tertiary/aromatic N) is 1. The number of rotatable bonds is 4. The minimum atomic E-state index is -1.09. The Morgan fingerprint density at radius 1 is 1.28 bits per heavy atom. The molecule has 98 valence electrons. The van der Waals surface area contributed by atoms with Gasteiger partial charge in [-0.15, -0.1) is 0 Å². The van der Waals surface area contributed by atoms with E-state index in [0.717, 1.165) is 4.47 Å². The monoisotopic (exact) mass is 313 g/mol. The number of carboxylic acid groups (broad SMARTS) is 1. The second kappa shape index (κ2) is 6.00. The molecule has 1 N–H and O–H groups in total. The Labute approximate surface area is 115 Å². The first-order valence-electron chi connectivity index (χ1n) is 5.61. The summed E-state index contributed by atoms with van der Waals surface area (Å²) in [5.74, 6) is -2.78. The zero-order valence-corrected chi connectivity index (χ0v) is 12.1. The topological polar surface area (TPSA) is 57.6 Å². The van der Waals surface area contributed by atoms with Crippen LogP contribution >= 0.6 is 15.9 Å². The maximum absolute atomic E-state index is 12.2. The van der Waals surface area contributed by atoms with Crippen molar-refractivity contribution < 1.29 is 14.7 Å². The smallest absolute Gasteiger partial charge is 0.316 e. The van der Waals surface area contributed by atoms with Crippen LogP contribution in [0.1, 0.15) is 13.8 Å². The summed E-state index contributed by atoms with van der Waals surface area (Å²) in [5, 5.41) is 9.12. The molecule has 1 amide bonds. The van der Waals surface area contributed by atoms with Crippen molar-refractivity contribution in [3.63, 3.8) is 0 Å². The van der Waals surface area contributed by atoms with E-state index >= 15 is 0 Å². The molecule has 0 saturated carbocycles. The van der Waals surface area contributed by atoms with Crippen molar-refractivity contribution in [2.75, 3.05) is 11.9 Å². The number of benzene rings is 1. The van der Waals surface area contributed by atoms with Crippen molar-refractivity contribution in [3.8, 4) is 0 Å². The van der Waals surface area contributed by atoms with Gasteiger partial charge in [0.2, 0.25) is 5.91 Å². The third-order valence-corrected chi connectivity index (χ3v) is 3.41. The molecule has 5 heteroatoms. The molecule has 1 aromatic carbocycles. The molecule has 0 heterocycles. The van der Waals surface area contributed by atoms with E-state index in [2.05, 4.69) is 15.9 Å². The summed E-state index contributed by atoms with van der Waals surface area (Å²) in [6.07, 6.45) is 0. The summed E-state index contributed by atoms with van der Waals surface area (Å²) in [5.41, 5.74) is 0.661. The third kappa shape index (κ3) is 3.10. The van der Waals surface area contributed by atoms with Gasteiger partial charge in [-0.3, -0.25) is 9.59 Å². The van der Waals surface area contributed by atoms with Crippen LogP contribution in [0.25, 0.3) is 0 Å². The highest BCUT2D eigenvalue weighted by Gasteiger charge is 2.32. The first kappa shape index (κ1) is 14.7. The molecule has 0 aliphatic carbocycles. The largest absolute Gasteiger partial charge is 0.481 e. The predicted molar refractivity (Wildman–Crippen MR) is 73.5 cm³/mol. The lowest BCUT2D eigenvalue weighted by atomic mass is 9.94. The van der Waals surface area contributed by atoms with Gasteiger partial charge in [0.25, 0.3) is 0 Å². The molecule has 0 aliphatic rings. The van der Waals surface area contributed by atoms with Crippen LogP contribution in [0.5, 0.6) is 0 Å². The molecule has 4 nitrogen and oxygen atoms in total. The minimum Gasteiger partial charge on any atom is -0.481 e. The van der Waals surface area contributed by atoms with Gasteiger partial charge in [0.05, 0.1) is 5.69 Å². The molecule has 0 saturated heterocycles. The number of hydrogen-bond acceptors (Lipinski definition) is 2. The Kier molecular flexibility index (Phi) is 4.90. The lowest BCUT2D eigenvalue weighted by Crippen LogP contribution is -2.39. The Hall–Kier alpha value is -1.36. The molecule has 0 radical (unpaired) electrons. The number of halogens is 1. The zero-order valence-electron chi connectivity index (χ0n) is 10.6. The van der Waals surface area contributed by atoms with Gasteiger partial charge < -0.3 is 10.0 Å². The van der Waals surface area contributed by atoms with E-state index in [9.17, 15) is 9.59 Å². The molecule has 0 bridgehead atoms. The summed E-state index contributed by atoms with van der Waals surface area (Å²) in [6.45, 7) is 3.45. The molecule has 0 spiro atoms. The van der Waals surface area contributed by atoms with Crippen LogP contribution in [-0.2, 0) is 9.59 Å². The SMILES string of the molecule is CC(C)C(C(=O)O)C(=O)N(C)c1ccccc1Br. The Morgan fingerprint density at radius 3 is 2.28 bits per heavy atom. The van der Waals surface area contributed by atoms with E-state index < -0.39 is 17.8 Å². The van der Waals surface area contributed by atoms with Gasteiger partial charge in [-0.2, -0.15) is 0 Å². The molecule has 1 aromatic rings. The van der Waals surface area contributed by atoms with Crippen LogP contribution in [0, 0.1) is 11.8 Å². The number of carbonyl (C=O) groups is 2.